The fourth-order valence-corrected chi connectivity index (χ4v) is 3.60. The summed E-state index contributed by atoms with van der Waals surface area (Å²) in [7, 11) is 0. The van der Waals surface area contributed by atoms with Crippen molar-refractivity contribution in [3.8, 4) is 6.07 Å². The molecule has 2 saturated carbocycles. The molecule has 2 fully saturated rings. The van der Waals surface area contributed by atoms with Crippen LogP contribution in [0.3, 0.4) is 0 Å². The number of amides is 1. The van der Waals surface area contributed by atoms with Crippen molar-refractivity contribution < 1.29 is 9.59 Å². The molecule has 1 N–H and O–H groups in total. The maximum Gasteiger partial charge on any atom is 0.245 e. The SMILES string of the molecule is N#C[C@@H](C(=O)CCC1CCCC1)C(=O)NC1CCCCC1. The Morgan fingerprint density at radius 3 is 2.29 bits per heavy atom. The second kappa shape index (κ2) is 8.17. The third kappa shape index (κ3) is 4.84. The molecule has 21 heavy (non-hydrogen) atoms. The third-order valence-corrected chi connectivity index (χ3v) is 4.94. The first-order chi connectivity index (χ1) is 10.2. The van der Waals surface area contributed by atoms with Gasteiger partial charge in [-0.3, -0.25) is 9.59 Å². The smallest absolute Gasteiger partial charge is 0.245 e. The van der Waals surface area contributed by atoms with Crippen LogP contribution in [-0.4, -0.2) is 17.7 Å². The molecule has 2 rings (SSSR count). The van der Waals surface area contributed by atoms with Crippen molar-refractivity contribution in [3.05, 3.63) is 0 Å². The molecule has 0 radical (unpaired) electrons. The first kappa shape index (κ1) is 16.0. The van der Waals surface area contributed by atoms with E-state index in [9.17, 15) is 9.59 Å². The molecule has 0 aliphatic heterocycles. The molecule has 4 nitrogen and oxygen atoms in total. The number of ketones is 1. The molecule has 0 bridgehead atoms. The summed E-state index contributed by atoms with van der Waals surface area (Å²) in [5, 5.41) is 12.1. The van der Waals surface area contributed by atoms with Gasteiger partial charge in [0.15, 0.2) is 11.7 Å². The Morgan fingerprint density at radius 1 is 1.05 bits per heavy atom. The minimum Gasteiger partial charge on any atom is -0.352 e. The van der Waals surface area contributed by atoms with Crippen molar-refractivity contribution in [2.75, 3.05) is 0 Å². The van der Waals surface area contributed by atoms with E-state index in [0.29, 0.717) is 12.3 Å². The Hall–Kier alpha value is -1.37. The lowest BCUT2D eigenvalue weighted by Crippen LogP contribution is -2.42. The van der Waals surface area contributed by atoms with Gasteiger partial charge in [0.1, 0.15) is 0 Å². The summed E-state index contributed by atoms with van der Waals surface area (Å²) in [6, 6.07) is 2.06. The van der Waals surface area contributed by atoms with Gasteiger partial charge in [-0.1, -0.05) is 44.9 Å². The van der Waals surface area contributed by atoms with Crippen LogP contribution in [-0.2, 0) is 9.59 Å². The molecule has 1 amide bonds. The van der Waals surface area contributed by atoms with Gasteiger partial charge in [0.25, 0.3) is 0 Å². The van der Waals surface area contributed by atoms with E-state index in [-0.39, 0.29) is 17.7 Å². The van der Waals surface area contributed by atoms with Gasteiger partial charge in [-0.15, -0.1) is 0 Å². The summed E-state index contributed by atoms with van der Waals surface area (Å²) in [6.45, 7) is 0. The predicted octanol–water partition coefficient (Wildman–Crippen LogP) is 3.11. The van der Waals surface area contributed by atoms with Crippen LogP contribution in [0.2, 0.25) is 0 Å². The number of rotatable bonds is 6. The molecule has 0 spiro atoms. The highest BCUT2D eigenvalue weighted by molar-refractivity contribution is 6.04. The van der Waals surface area contributed by atoms with Crippen molar-refractivity contribution in [2.45, 2.75) is 76.7 Å². The third-order valence-electron chi connectivity index (χ3n) is 4.94. The molecule has 116 valence electrons. The predicted molar refractivity (Wildman–Crippen MR) is 80.3 cm³/mol. The van der Waals surface area contributed by atoms with Gasteiger partial charge in [0.2, 0.25) is 5.91 Å². The fraction of sp³-hybridized carbons (Fsp3) is 0.824. The lowest BCUT2D eigenvalue weighted by atomic mass is 9.92. The fourth-order valence-electron chi connectivity index (χ4n) is 3.60. The number of hydrogen-bond acceptors (Lipinski definition) is 3. The van der Waals surface area contributed by atoms with Crippen LogP contribution < -0.4 is 5.32 Å². The highest BCUT2D eigenvalue weighted by atomic mass is 16.2. The molecule has 1 atom stereocenters. The zero-order chi connectivity index (χ0) is 15.1. The number of nitrogens with zero attached hydrogens (tertiary/aromatic N) is 1. The largest absolute Gasteiger partial charge is 0.352 e. The van der Waals surface area contributed by atoms with Crippen LogP contribution in [0, 0.1) is 23.2 Å². The Bertz CT molecular complexity index is 402. The van der Waals surface area contributed by atoms with E-state index in [2.05, 4.69) is 5.32 Å². The molecule has 0 aromatic rings. The van der Waals surface area contributed by atoms with Crippen LogP contribution in [0.1, 0.15) is 70.6 Å². The standard InChI is InChI=1S/C17H26N2O2/c18-12-15(16(20)11-10-13-6-4-5-7-13)17(21)19-14-8-2-1-3-9-14/h13-15H,1-11H2,(H,19,21)/t15-/m0/s1. The molecular weight excluding hydrogens is 264 g/mol. The minimum absolute atomic E-state index is 0.157. The molecule has 0 aromatic heterocycles. The Labute approximate surface area is 127 Å². The molecule has 2 aliphatic carbocycles. The van der Waals surface area contributed by atoms with Crippen LogP contribution in [0.4, 0.5) is 0 Å². The van der Waals surface area contributed by atoms with E-state index in [4.69, 9.17) is 5.26 Å². The summed E-state index contributed by atoms with van der Waals surface area (Å²) in [4.78, 5) is 24.3. The molecule has 0 heterocycles. The van der Waals surface area contributed by atoms with Gasteiger partial charge < -0.3 is 5.32 Å². The number of hydrogen-bond donors (Lipinski definition) is 1. The number of nitriles is 1. The summed E-state index contributed by atoms with van der Waals surface area (Å²) in [6.07, 6.45) is 11.5. The quantitative estimate of drug-likeness (QED) is 0.764. The number of Topliss-reactive ketones (excluding diaryl/α,β-unsaturated/α-hetero) is 1. The average molecular weight is 290 g/mol. The van der Waals surface area contributed by atoms with Gasteiger partial charge >= 0.3 is 0 Å². The van der Waals surface area contributed by atoms with Gasteiger partial charge in [-0.2, -0.15) is 5.26 Å². The summed E-state index contributed by atoms with van der Waals surface area (Å²) in [5.41, 5.74) is 0. The summed E-state index contributed by atoms with van der Waals surface area (Å²) < 4.78 is 0. The van der Waals surface area contributed by atoms with Crippen LogP contribution in [0.15, 0.2) is 0 Å². The second-order valence-electron chi connectivity index (χ2n) is 6.56. The van der Waals surface area contributed by atoms with Crippen molar-refractivity contribution in [1.29, 1.82) is 5.26 Å². The Kier molecular flexibility index (Phi) is 6.22. The van der Waals surface area contributed by atoms with Gasteiger partial charge in [0, 0.05) is 12.5 Å². The van der Waals surface area contributed by atoms with Crippen molar-refractivity contribution in [2.24, 2.45) is 11.8 Å². The number of carbonyl (C=O) groups is 2. The van der Waals surface area contributed by atoms with E-state index in [1.54, 1.807) is 0 Å². The highest BCUT2D eigenvalue weighted by Crippen LogP contribution is 2.29. The van der Waals surface area contributed by atoms with E-state index in [0.717, 1.165) is 32.1 Å². The summed E-state index contributed by atoms with van der Waals surface area (Å²) >= 11 is 0. The molecule has 0 saturated heterocycles. The Morgan fingerprint density at radius 2 is 1.67 bits per heavy atom. The zero-order valence-corrected chi connectivity index (χ0v) is 12.8. The van der Waals surface area contributed by atoms with E-state index >= 15 is 0 Å². The van der Waals surface area contributed by atoms with Gasteiger partial charge in [-0.05, 0) is 25.2 Å². The van der Waals surface area contributed by atoms with E-state index in [1.165, 1.54) is 32.1 Å². The van der Waals surface area contributed by atoms with Crippen molar-refractivity contribution >= 4 is 11.7 Å². The molecular formula is C17H26N2O2. The van der Waals surface area contributed by atoms with Crippen LogP contribution >= 0.6 is 0 Å². The lowest BCUT2D eigenvalue weighted by Gasteiger charge is -2.23. The molecule has 2 aliphatic rings. The molecule has 0 unspecified atom stereocenters. The van der Waals surface area contributed by atoms with Crippen molar-refractivity contribution in [3.63, 3.8) is 0 Å². The zero-order valence-electron chi connectivity index (χ0n) is 12.8. The van der Waals surface area contributed by atoms with Gasteiger partial charge in [-0.25, -0.2) is 0 Å². The topological polar surface area (TPSA) is 70.0 Å². The van der Waals surface area contributed by atoms with Gasteiger partial charge in [0.05, 0.1) is 6.07 Å². The molecule has 4 heteroatoms. The first-order valence-electron chi connectivity index (χ1n) is 8.43. The highest BCUT2D eigenvalue weighted by Gasteiger charge is 2.29. The average Bonchev–Trinajstić information content (AvgIpc) is 3.00. The van der Waals surface area contributed by atoms with Crippen LogP contribution in [0.25, 0.3) is 0 Å². The maximum absolute atomic E-state index is 12.1. The van der Waals surface area contributed by atoms with E-state index < -0.39 is 5.92 Å². The number of nitrogens with one attached hydrogen (secondary N) is 1. The summed E-state index contributed by atoms with van der Waals surface area (Å²) in [5.74, 6) is -1.05. The monoisotopic (exact) mass is 290 g/mol. The molecule has 0 aromatic carbocycles. The van der Waals surface area contributed by atoms with E-state index in [1.807, 2.05) is 6.07 Å². The second-order valence-corrected chi connectivity index (χ2v) is 6.56. The minimum atomic E-state index is -1.10. The lowest BCUT2D eigenvalue weighted by molar-refractivity contribution is -0.132. The van der Waals surface area contributed by atoms with Crippen molar-refractivity contribution in [1.82, 2.24) is 5.32 Å². The van der Waals surface area contributed by atoms with Crippen LogP contribution in [0.5, 0.6) is 0 Å². The Balaban J connectivity index is 1.78. The number of carbonyl (C=O) groups excluding carboxylic acids is 2. The maximum atomic E-state index is 12.1. The first-order valence-corrected chi connectivity index (χ1v) is 8.43. The normalized spacial score (nSPS) is 21.7.